The Hall–Kier alpha value is -2.29. The number of nitrogens with zero attached hydrogens (tertiary/aromatic N) is 1. The summed E-state index contributed by atoms with van der Waals surface area (Å²) >= 11 is 0. The lowest BCUT2D eigenvalue weighted by atomic mass is 10.1. The summed E-state index contributed by atoms with van der Waals surface area (Å²) < 4.78 is 5.13. The van der Waals surface area contributed by atoms with Crippen LogP contribution in [0.3, 0.4) is 0 Å². The van der Waals surface area contributed by atoms with Crippen LogP contribution in [0, 0.1) is 0 Å². The molecule has 0 unspecified atom stereocenters. The highest BCUT2D eigenvalue weighted by atomic mass is 16.5. The average molecular weight is 283 g/mol. The number of carbonyl (C=O) groups is 1. The third kappa shape index (κ3) is 3.85. The van der Waals surface area contributed by atoms with E-state index >= 15 is 0 Å². The van der Waals surface area contributed by atoms with Gasteiger partial charge in [-0.2, -0.15) is 0 Å². The first-order valence-corrected chi connectivity index (χ1v) is 7.10. The van der Waals surface area contributed by atoms with Gasteiger partial charge < -0.3 is 9.64 Å². The molecule has 0 atom stereocenters. The van der Waals surface area contributed by atoms with E-state index in [2.05, 4.69) is 0 Å². The Bertz CT molecular complexity index is 576. The first-order chi connectivity index (χ1) is 10.1. The fourth-order valence-corrected chi connectivity index (χ4v) is 2.17. The monoisotopic (exact) mass is 283 g/mol. The number of hydrogen-bond donors (Lipinski definition) is 0. The number of ether oxygens (including phenoxy) is 1. The molecular weight excluding hydrogens is 262 g/mol. The zero-order valence-electron chi connectivity index (χ0n) is 12.7. The van der Waals surface area contributed by atoms with Crippen molar-refractivity contribution in [2.75, 3.05) is 7.11 Å². The molecule has 2 aromatic carbocycles. The highest BCUT2D eigenvalue weighted by Gasteiger charge is 2.19. The molecule has 0 N–H and O–H groups in total. The van der Waals surface area contributed by atoms with E-state index in [9.17, 15) is 4.79 Å². The maximum absolute atomic E-state index is 12.7. The van der Waals surface area contributed by atoms with Crippen LogP contribution in [0.1, 0.15) is 29.8 Å². The van der Waals surface area contributed by atoms with E-state index in [4.69, 9.17) is 4.74 Å². The van der Waals surface area contributed by atoms with Crippen molar-refractivity contribution in [2.45, 2.75) is 26.4 Å². The van der Waals surface area contributed by atoms with E-state index in [0.29, 0.717) is 12.1 Å². The van der Waals surface area contributed by atoms with Gasteiger partial charge in [0, 0.05) is 18.2 Å². The van der Waals surface area contributed by atoms with Crippen LogP contribution in [-0.4, -0.2) is 24.0 Å². The smallest absolute Gasteiger partial charge is 0.254 e. The van der Waals surface area contributed by atoms with Crippen LogP contribution < -0.4 is 4.74 Å². The van der Waals surface area contributed by atoms with Crippen molar-refractivity contribution >= 4 is 5.91 Å². The standard InChI is InChI=1S/C18H21NO2/c1-14(2)19(13-15-7-5-4-6-8-15)18(20)16-9-11-17(21-3)12-10-16/h4-12,14H,13H2,1-3H3. The van der Waals surface area contributed by atoms with Crippen LogP contribution in [0.4, 0.5) is 0 Å². The van der Waals surface area contributed by atoms with Gasteiger partial charge in [-0.1, -0.05) is 30.3 Å². The minimum Gasteiger partial charge on any atom is -0.497 e. The van der Waals surface area contributed by atoms with Crippen molar-refractivity contribution in [3.05, 3.63) is 65.7 Å². The van der Waals surface area contributed by atoms with Crippen molar-refractivity contribution in [3.8, 4) is 5.75 Å². The first kappa shape index (κ1) is 15.1. The Morgan fingerprint density at radius 1 is 1.05 bits per heavy atom. The molecule has 2 rings (SSSR count). The molecule has 110 valence electrons. The van der Waals surface area contributed by atoms with E-state index in [0.717, 1.165) is 11.3 Å². The highest BCUT2D eigenvalue weighted by Crippen LogP contribution is 2.16. The Labute approximate surface area is 126 Å². The van der Waals surface area contributed by atoms with Gasteiger partial charge in [0.1, 0.15) is 5.75 Å². The summed E-state index contributed by atoms with van der Waals surface area (Å²) in [5, 5.41) is 0. The van der Waals surface area contributed by atoms with Crippen molar-refractivity contribution < 1.29 is 9.53 Å². The normalized spacial score (nSPS) is 10.5. The van der Waals surface area contributed by atoms with Gasteiger partial charge in [0.05, 0.1) is 7.11 Å². The number of benzene rings is 2. The van der Waals surface area contributed by atoms with Crippen molar-refractivity contribution in [3.63, 3.8) is 0 Å². The third-order valence-electron chi connectivity index (χ3n) is 3.42. The Morgan fingerprint density at radius 3 is 2.19 bits per heavy atom. The largest absolute Gasteiger partial charge is 0.497 e. The first-order valence-electron chi connectivity index (χ1n) is 7.10. The Kier molecular flexibility index (Phi) is 4.99. The number of hydrogen-bond acceptors (Lipinski definition) is 2. The van der Waals surface area contributed by atoms with Gasteiger partial charge in [-0.15, -0.1) is 0 Å². The number of methoxy groups -OCH3 is 1. The van der Waals surface area contributed by atoms with Gasteiger partial charge in [-0.3, -0.25) is 4.79 Å². The summed E-state index contributed by atoms with van der Waals surface area (Å²) in [6.45, 7) is 4.68. The molecule has 0 saturated heterocycles. The summed E-state index contributed by atoms with van der Waals surface area (Å²) in [6.07, 6.45) is 0. The van der Waals surface area contributed by atoms with Crippen molar-refractivity contribution in [1.82, 2.24) is 4.90 Å². The van der Waals surface area contributed by atoms with Gasteiger partial charge in [-0.25, -0.2) is 0 Å². The molecule has 0 saturated carbocycles. The summed E-state index contributed by atoms with van der Waals surface area (Å²) in [4.78, 5) is 14.5. The fourth-order valence-electron chi connectivity index (χ4n) is 2.17. The lowest BCUT2D eigenvalue weighted by molar-refractivity contribution is 0.0690. The Morgan fingerprint density at radius 2 is 1.67 bits per heavy atom. The molecule has 2 aromatic rings. The summed E-state index contributed by atoms with van der Waals surface area (Å²) in [5.74, 6) is 0.794. The Balaban J connectivity index is 2.18. The molecule has 3 nitrogen and oxygen atoms in total. The zero-order chi connectivity index (χ0) is 15.2. The van der Waals surface area contributed by atoms with Gasteiger partial charge in [0.15, 0.2) is 0 Å². The van der Waals surface area contributed by atoms with Gasteiger partial charge in [-0.05, 0) is 43.7 Å². The maximum atomic E-state index is 12.7. The molecule has 3 heteroatoms. The van der Waals surface area contributed by atoms with E-state index in [1.165, 1.54) is 0 Å². The van der Waals surface area contributed by atoms with Crippen LogP contribution in [0.5, 0.6) is 5.75 Å². The molecule has 1 amide bonds. The van der Waals surface area contributed by atoms with Gasteiger partial charge in [0.25, 0.3) is 5.91 Å². The molecule has 0 heterocycles. The number of carbonyl (C=O) groups excluding carboxylic acids is 1. The molecule has 0 spiro atoms. The SMILES string of the molecule is COc1ccc(C(=O)N(Cc2ccccc2)C(C)C)cc1. The minimum absolute atomic E-state index is 0.0384. The van der Waals surface area contributed by atoms with Gasteiger partial charge >= 0.3 is 0 Å². The fraction of sp³-hybridized carbons (Fsp3) is 0.278. The molecule has 0 fully saturated rings. The topological polar surface area (TPSA) is 29.5 Å². The summed E-state index contributed by atoms with van der Waals surface area (Å²) in [6, 6.07) is 17.4. The molecule has 0 aliphatic carbocycles. The van der Waals surface area contributed by atoms with Gasteiger partial charge in [0.2, 0.25) is 0 Å². The van der Waals surface area contributed by atoms with Crippen LogP contribution >= 0.6 is 0 Å². The number of rotatable bonds is 5. The van der Waals surface area contributed by atoms with E-state index in [-0.39, 0.29) is 11.9 Å². The molecular formula is C18H21NO2. The minimum atomic E-state index is 0.0384. The van der Waals surface area contributed by atoms with Crippen LogP contribution in [0.15, 0.2) is 54.6 Å². The molecule has 0 aromatic heterocycles. The molecule has 21 heavy (non-hydrogen) atoms. The lowest BCUT2D eigenvalue weighted by Crippen LogP contribution is -2.36. The van der Waals surface area contributed by atoms with E-state index < -0.39 is 0 Å². The van der Waals surface area contributed by atoms with Crippen molar-refractivity contribution in [1.29, 1.82) is 0 Å². The zero-order valence-corrected chi connectivity index (χ0v) is 12.7. The van der Waals surface area contributed by atoms with E-state index in [1.54, 1.807) is 7.11 Å². The quantitative estimate of drug-likeness (QED) is 0.836. The average Bonchev–Trinajstić information content (AvgIpc) is 2.53. The molecule has 0 radical (unpaired) electrons. The molecule has 0 aliphatic rings. The molecule has 0 aliphatic heterocycles. The third-order valence-corrected chi connectivity index (χ3v) is 3.42. The predicted molar refractivity (Wildman–Crippen MR) is 84.4 cm³/mol. The van der Waals surface area contributed by atoms with Crippen LogP contribution in [0.25, 0.3) is 0 Å². The van der Waals surface area contributed by atoms with E-state index in [1.807, 2.05) is 73.3 Å². The number of amides is 1. The lowest BCUT2D eigenvalue weighted by Gasteiger charge is -2.27. The van der Waals surface area contributed by atoms with Crippen LogP contribution in [0.2, 0.25) is 0 Å². The molecule has 0 bridgehead atoms. The summed E-state index contributed by atoms with van der Waals surface area (Å²) in [5.41, 5.74) is 1.81. The maximum Gasteiger partial charge on any atom is 0.254 e. The predicted octanol–water partition coefficient (Wildman–Crippen LogP) is 3.75. The second-order valence-corrected chi connectivity index (χ2v) is 5.24. The second-order valence-electron chi connectivity index (χ2n) is 5.24. The van der Waals surface area contributed by atoms with Crippen LogP contribution in [-0.2, 0) is 6.54 Å². The highest BCUT2D eigenvalue weighted by molar-refractivity contribution is 5.94. The van der Waals surface area contributed by atoms with Crippen molar-refractivity contribution in [2.24, 2.45) is 0 Å². The summed E-state index contributed by atoms with van der Waals surface area (Å²) in [7, 11) is 1.62. The second kappa shape index (κ2) is 6.93.